The van der Waals surface area contributed by atoms with E-state index in [0.717, 1.165) is 25.7 Å². The fraction of sp³-hybridized carbons (Fsp3) is 1.00. The van der Waals surface area contributed by atoms with Crippen LogP contribution in [-0.2, 0) is 16.5 Å². The Morgan fingerprint density at radius 1 is 0.414 bits per heavy atom. The third-order valence-electron chi connectivity index (χ3n) is 2.03. The fourth-order valence-electron chi connectivity index (χ4n) is 0.878. The normalized spacial score (nSPS) is 9.93. The molecule has 17 heteroatoms. The molecule has 4 N–H and O–H groups in total. The maximum absolute atomic E-state index is 11.2. The standard InChI is InChI=1S/4C3H8F2NP.Ni/c4*1-2-3-6-7(4)5;/h4*6H,2-3H2,1H3;/p+4. The summed E-state index contributed by atoms with van der Waals surface area (Å²) in [7, 11) is -12.6. The van der Waals surface area contributed by atoms with Crippen molar-refractivity contribution in [2.45, 2.75) is 53.4 Å². The summed E-state index contributed by atoms with van der Waals surface area (Å²) < 4.78 is 89.7. The molecule has 0 atom stereocenters. The Morgan fingerprint density at radius 2 is 0.552 bits per heavy atom. The Hall–Kier alpha value is 1.49. The van der Waals surface area contributed by atoms with Gasteiger partial charge in [-0.15, -0.1) is 20.3 Å². The van der Waals surface area contributed by atoms with Crippen LogP contribution in [-0.4, -0.2) is 26.2 Å². The minimum absolute atomic E-state index is 0. The molecule has 4 nitrogen and oxygen atoms in total. The number of halogens is 8. The van der Waals surface area contributed by atoms with Gasteiger partial charge in [-0.2, -0.15) is 0 Å². The first-order chi connectivity index (χ1) is 13.1. The van der Waals surface area contributed by atoms with Crippen LogP contribution in [0, 0.1) is 0 Å². The molecule has 186 valence electrons. The second-order valence-electron chi connectivity index (χ2n) is 4.75. The second kappa shape index (κ2) is 36.8. The summed E-state index contributed by atoms with van der Waals surface area (Å²) in [6.07, 6.45) is 3.12. The molecule has 0 bridgehead atoms. The van der Waals surface area contributed by atoms with E-state index in [-0.39, 0.29) is 16.5 Å². The maximum atomic E-state index is 11.2. The van der Waals surface area contributed by atoms with Crippen LogP contribution in [0.15, 0.2) is 0 Å². The van der Waals surface area contributed by atoms with Crippen LogP contribution in [0.25, 0.3) is 0 Å². The van der Waals surface area contributed by atoms with Gasteiger partial charge >= 0.3 is 34.8 Å². The van der Waals surface area contributed by atoms with E-state index in [1.54, 1.807) is 0 Å². The summed E-state index contributed by atoms with van der Waals surface area (Å²) in [4.78, 5) is 0. The van der Waals surface area contributed by atoms with Gasteiger partial charge in [0.05, 0.1) is 0 Å². The van der Waals surface area contributed by atoms with Gasteiger partial charge in [0, 0.05) is 42.7 Å². The van der Waals surface area contributed by atoms with Crippen molar-refractivity contribution in [2.24, 2.45) is 0 Å². The molecular formula is C12H36F8N4NiP4+4. The molecule has 29 heavy (non-hydrogen) atoms. The summed E-state index contributed by atoms with van der Waals surface area (Å²) in [6.45, 7) is 9.22. The van der Waals surface area contributed by atoms with Crippen LogP contribution in [0.5, 0.6) is 0 Å². The first kappa shape index (κ1) is 40.8. The molecule has 0 unspecified atom stereocenters. The molecule has 0 aliphatic carbocycles. The molecule has 0 spiro atoms. The Kier molecular flexibility index (Phi) is 51.9. The topological polar surface area (TPSA) is 48.1 Å². The Balaban J connectivity index is -0.0000000873. The van der Waals surface area contributed by atoms with Gasteiger partial charge in [0.1, 0.15) is 0 Å². The van der Waals surface area contributed by atoms with Gasteiger partial charge in [-0.3, -0.25) is 0 Å². The van der Waals surface area contributed by atoms with Gasteiger partial charge in [0.2, 0.25) is 0 Å². The average Bonchev–Trinajstić information content (AvgIpc) is 2.62. The van der Waals surface area contributed by atoms with E-state index in [4.69, 9.17) is 0 Å². The number of nitrogens with one attached hydrogen (secondary N) is 4. The summed E-state index contributed by atoms with van der Waals surface area (Å²) in [5.74, 6) is 0. The molecule has 0 heterocycles. The molecule has 0 amide bonds. The van der Waals surface area contributed by atoms with Crippen LogP contribution < -0.4 is 20.3 Å². The largest absolute Gasteiger partial charge is 0.448 e. The summed E-state index contributed by atoms with van der Waals surface area (Å²) in [5.41, 5.74) is 0. The zero-order valence-electron chi connectivity index (χ0n) is 17.0. The molecular weight excluding hydrogens is 535 g/mol. The second-order valence-corrected chi connectivity index (χ2v) is 8.25. The minimum atomic E-state index is -3.15. The first-order valence-corrected chi connectivity index (χ1v) is 13.8. The van der Waals surface area contributed by atoms with Gasteiger partial charge in [0.25, 0.3) is 0 Å². The molecule has 0 aromatic rings. The smallest absolute Gasteiger partial charge is 0.134 e. The number of rotatable bonds is 12. The van der Waals surface area contributed by atoms with E-state index < -0.39 is 34.8 Å². The molecule has 0 radical (unpaired) electrons. The van der Waals surface area contributed by atoms with E-state index >= 15 is 0 Å². The predicted octanol–water partition coefficient (Wildman–Crippen LogP) is 7.53. The van der Waals surface area contributed by atoms with Crippen LogP contribution in [0.3, 0.4) is 0 Å². The molecule has 0 fully saturated rings. The van der Waals surface area contributed by atoms with Gasteiger partial charge in [-0.25, -0.2) is 0 Å². The Bertz CT molecular complexity index is 222. The van der Waals surface area contributed by atoms with Crippen molar-refractivity contribution in [3.63, 3.8) is 0 Å². The molecule has 0 saturated carbocycles. The third kappa shape index (κ3) is 72.9. The molecule has 0 aliphatic rings. The van der Waals surface area contributed by atoms with Crippen molar-refractivity contribution >= 4 is 34.8 Å². The average molecular weight is 571 g/mol. The van der Waals surface area contributed by atoms with E-state index in [1.807, 2.05) is 27.7 Å². The molecule has 0 aromatic carbocycles. The zero-order valence-corrected chi connectivity index (χ0v) is 22.0. The first-order valence-electron chi connectivity index (χ1n) is 8.75. The zero-order chi connectivity index (χ0) is 22.8. The predicted molar refractivity (Wildman–Crippen MR) is 115 cm³/mol. The SMILES string of the molecule is CCCN[PH+](F)F.CCCN[PH+](F)F.CCCN[PH+](F)F.CCCN[PH+](F)F.[Ni]. The Morgan fingerprint density at radius 3 is 0.586 bits per heavy atom. The summed E-state index contributed by atoms with van der Waals surface area (Å²) in [5, 5.41) is 8.25. The number of hydrogen-bond acceptors (Lipinski definition) is 4. The van der Waals surface area contributed by atoms with Crippen molar-refractivity contribution in [3.8, 4) is 0 Å². The molecule has 0 aromatic heterocycles. The molecule has 0 aliphatic heterocycles. The van der Waals surface area contributed by atoms with Gasteiger partial charge in [0.15, 0.2) is 0 Å². The molecule has 0 rings (SSSR count). The van der Waals surface area contributed by atoms with E-state index in [2.05, 4.69) is 20.3 Å². The van der Waals surface area contributed by atoms with E-state index in [1.165, 1.54) is 0 Å². The van der Waals surface area contributed by atoms with Crippen molar-refractivity contribution in [1.29, 1.82) is 0 Å². The monoisotopic (exact) mass is 570 g/mol. The number of hydrogen-bond donors (Lipinski definition) is 4. The van der Waals surface area contributed by atoms with Crippen LogP contribution >= 0.6 is 34.8 Å². The molecule has 0 saturated heterocycles. The van der Waals surface area contributed by atoms with Gasteiger partial charge < -0.3 is 0 Å². The Labute approximate surface area is 185 Å². The van der Waals surface area contributed by atoms with Crippen LogP contribution in [0.4, 0.5) is 33.6 Å². The van der Waals surface area contributed by atoms with Crippen molar-refractivity contribution in [2.75, 3.05) is 26.2 Å². The van der Waals surface area contributed by atoms with Crippen molar-refractivity contribution < 1.29 is 50.1 Å². The van der Waals surface area contributed by atoms with Crippen LogP contribution in [0.1, 0.15) is 53.4 Å². The van der Waals surface area contributed by atoms with Crippen molar-refractivity contribution in [3.05, 3.63) is 0 Å². The van der Waals surface area contributed by atoms with E-state index in [9.17, 15) is 33.6 Å². The maximum Gasteiger partial charge on any atom is 0.448 e. The van der Waals surface area contributed by atoms with Gasteiger partial charge in [-0.05, 0) is 59.3 Å². The van der Waals surface area contributed by atoms with E-state index in [0.29, 0.717) is 26.2 Å². The minimum Gasteiger partial charge on any atom is -0.134 e. The van der Waals surface area contributed by atoms with Crippen molar-refractivity contribution in [1.82, 2.24) is 20.3 Å². The summed E-state index contributed by atoms with van der Waals surface area (Å²) >= 11 is 0. The van der Waals surface area contributed by atoms with Gasteiger partial charge in [-0.1, -0.05) is 27.7 Å². The summed E-state index contributed by atoms with van der Waals surface area (Å²) in [6, 6.07) is 0. The fourth-order valence-corrected chi connectivity index (χ4v) is 2.63. The quantitative estimate of drug-likeness (QED) is 0.111. The third-order valence-corrected chi connectivity index (χ3v) is 4.10. The van der Waals surface area contributed by atoms with Crippen LogP contribution in [0.2, 0.25) is 0 Å².